The molecule has 1 aromatic rings. The summed E-state index contributed by atoms with van der Waals surface area (Å²) in [6, 6.07) is 7.06. The van der Waals surface area contributed by atoms with Gasteiger partial charge >= 0.3 is 0 Å². The highest BCUT2D eigenvalue weighted by atomic mass is 16.6. The Kier molecular flexibility index (Phi) is 4.31. The van der Waals surface area contributed by atoms with Crippen molar-refractivity contribution in [2.75, 3.05) is 6.54 Å². The highest BCUT2D eigenvalue weighted by Crippen LogP contribution is 2.36. The van der Waals surface area contributed by atoms with Gasteiger partial charge in [0.15, 0.2) is 0 Å². The molecule has 0 aliphatic heterocycles. The number of hydrogen-bond donors (Lipinski definition) is 1. The Morgan fingerprint density at radius 2 is 2.06 bits per heavy atom. The van der Waals surface area contributed by atoms with Crippen LogP contribution in [0.5, 0.6) is 0 Å². The number of benzene rings is 1. The van der Waals surface area contributed by atoms with Crippen molar-refractivity contribution >= 4 is 5.69 Å². The van der Waals surface area contributed by atoms with Gasteiger partial charge in [0, 0.05) is 12.1 Å². The van der Waals surface area contributed by atoms with Gasteiger partial charge in [-0.3, -0.25) is 10.1 Å². The monoisotopic (exact) mass is 248 g/mol. The first-order valence-corrected chi connectivity index (χ1v) is 6.67. The van der Waals surface area contributed by atoms with Gasteiger partial charge in [-0.15, -0.1) is 0 Å². The number of nitrogens with zero attached hydrogens (tertiary/aromatic N) is 1. The minimum Gasteiger partial charge on any atom is -0.330 e. The molecular weight excluding hydrogens is 228 g/mol. The van der Waals surface area contributed by atoms with E-state index in [0.717, 1.165) is 18.4 Å². The summed E-state index contributed by atoms with van der Waals surface area (Å²) in [5, 5.41) is 10.8. The average Bonchev–Trinajstić information content (AvgIpc) is 2.63. The van der Waals surface area contributed by atoms with Gasteiger partial charge in [-0.2, -0.15) is 0 Å². The van der Waals surface area contributed by atoms with E-state index in [4.69, 9.17) is 5.73 Å². The smallest absolute Gasteiger partial charge is 0.269 e. The van der Waals surface area contributed by atoms with Crippen molar-refractivity contribution in [1.82, 2.24) is 0 Å². The van der Waals surface area contributed by atoms with E-state index in [9.17, 15) is 10.1 Å². The van der Waals surface area contributed by atoms with Crippen LogP contribution < -0.4 is 5.73 Å². The Morgan fingerprint density at radius 1 is 1.28 bits per heavy atom. The summed E-state index contributed by atoms with van der Waals surface area (Å²) in [6.07, 6.45) is 5.92. The molecule has 0 aromatic heterocycles. The lowest BCUT2D eigenvalue weighted by Crippen LogP contribution is -2.21. The number of nitro benzene ring substituents is 1. The molecule has 2 atom stereocenters. The summed E-state index contributed by atoms with van der Waals surface area (Å²) in [6.45, 7) is 0.674. The molecule has 18 heavy (non-hydrogen) atoms. The molecule has 0 heterocycles. The van der Waals surface area contributed by atoms with E-state index in [-0.39, 0.29) is 10.6 Å². The van der Waals surface area contributed by atoms with Crippen molar-refractivity contribution in [2.45, 2.75) is 38.0 Å². The summed E-state index contributed by atoms with van der Waals surface area (Å²) >= 11 is 0. The van der Waals surface area contributed by atoms with Gasteiger partial charge in [0.1, 0.15) is 0 Å². The van der Waals surface area contributed by atoms with Crippen molar-refractivity contribution in [2.24, 2.45) is 11.7 Å². The van der Waals surface area contributed by atoms with Crippen LogP contribution in [0.15, 0.2) is 24.3 Å². The molecular formula is C14H20N2O2. The average molecular weight is 248 g/mol. The maximum atomic E-state index is 10.8. The lowest BCUT2D eigenvalue weighted by Gasteiger charge is -2.24. The minimum absolute atomic E-state index is 0.188. The fraction of sp³-hybridized carbons (Fsp3) is 0.571. The van der Waals surface area contributed by atoms with Crippen molar-refractivity contribution in [3.8, 4) is 0 Å². The van der Waals surface area contributed by atoms with E-state index in [1.807, 2.05) is 6.07 Å². The van der Waals surface area contributed by atoms with Crippen LogP contribution in [0.2, 0.25) is 0 Å². The molecule has 2 N–H and O–H groups in total. The predicted molar refractivity (Wildman–Crippen MR) is 71.5 cm³/mol. The first kappa shape index (κ1) is 13.0. The van der Waals surface area contributed by atoms with Crippen LogP contribution in [0.3, 0.4) is 0 Å². The molecule has 1 saturated carbocycles. The van der Waals surface area contributed by atoms with Crippen molar-refractivity contribution < 1.29 is 4.92 Å². The Morgan fingerprint density at radius 3 is 2.78 bits per heavy atom. The largest absolute Gasteiger partial charge is 0.330 e. The fourth-order valence-corrected chi connectivity index (χ4v) is 2.97. The standard InChI is InChI=1S/C14H20N2O2/c15-10-12-5-2-1-3-8-14(12)11-6-4-7-13(9-11)16(17)18/h4,6-7,9,12,14H,1-3,5,8,10,15H2. The van der Waals surface area contributed by atoms with E-state index in [2.05, 4.69) is 0 Å². The second kappa shape index (κ2) is 5.96. The molecule has 4 nitrogen and oxygen atoms in total. The topological polar surface area (TPSA) is 69.2 Å². The normalized spacial score (nSPS) is 24.5. The molecule has 1 fully saturated rings. The number of rotatable bonds is 3. The highest BCUT2D eigenvalue weighted by molar-refractivity contribution is 5.36. The van der Waals surface area contributed by atoms with E-state index < -0.39 is 0 Å². The van der Waals surface area contributed by atoms with Crippen LogP contribution in [0.4, 0.5) is 5.69 Å². The Hall–Kier alpha value is -1.42. The third-order valence-electron chi connectivity index (χ3n) is 3.97. The molecule has 98 valence electrons. The predicted octanol–water partition coefficient (Wildman–Crippen LogP) is 3.22. The van der Waals surface area contributed by atoms with Crippen LogP contribution in [-0.2, 0) is 0 Å². The Bertz CT molecular complexity index is 420. The van der Waals surface area contributed by atoms with Crippen molar-refractivity contribution in [1.29, 1.82) is 0 Å². The summed E-state index contributed by atoms with van der Waals surface area (Å²) in [5.74, 6) is 0.854. The van der Waals surface area contributed by atoms with Gasteiger partial charge in [-0.25, -0.2) is 0 Å². The summed E-state index contributed by atoms with van der Waals surface area (Å²) in [7, 11) is 0. The number of non-ortho nitro benzene ring substituents is 1. The van der Waals surface area contributed by atoms with E-state index in [1.165, 1.54) is 19.3 Å². The molecule has 0 spiro atoms. The van der Waals surface area contributed by atoms with E-state index in [1.54, 1.807) is 18.2 Å². The number of nitro groups is 1. The molecule has 1 aliphatic rings. The Labute approximate surface area is 107 Å². The van der Waals surface area contributed by atoms with Crippen molar-refractivity contribution in [3.63, 3.8) is 0 Å². The number of hydrogen-bond acceptors (Lipinski definition) is 3. The lowest BCUT2D eigenvalue weighted by atomic mass is 9.82. The Balaban J connectivity index is 2.26. The molecule has 2 rings (SSSR count). The van der Waals surface area contributed by atoms with Gasteiger partial charge in [-0.1, -0.05) is 31.4 Å². The van der Waals surface area contributed by atoms with Gasteiger partial charge in [0.25, 0.3) is 5.69 Å². The molecule has 0 amide bonds. The van der Waals surface area contributed by atoms with E-state index in [0.29, 0.717) is 18.4 Å². The third-order valence-corrected chi connectivity index (χ3v) is 3.97. The van der Waals surface area contributed by atoms with E-state index >= 15 is 0 Å². The number of nitrogens with two attached hydrogens (primary N) is 1. The van der Waals surface area contributed by atoms with Gasteiger partial charge in [-0.05, 0) is 36.8 Å². The van der Waals surface area contributed by atoms with Gasteiger partial charge in [0.05, 0.1) is 4.92 Å². The molecule has 1 aliphatic carbocycles. The zero-order valence-corrected chi connectivity index (χ0v) is 10.5. The second-order valence-electron chi connectivity index (χ2n) is 5.09. The van der Waals surface area contributed by atoms with Crippen LogP contribution in [0.25, 0.3) is 0 Å². The lowest BCUT2D eigenvalue weighted by molar-refractivity contribution is -0.384. The third kappa shape index (κ3) is 2.88. The van der Waals surface area contributed by atoms with Crippen LogP contribution >= 0.6 is 0 Å². The molecule has 0 saturated heterocycles. The molecule has 4 heteroatoms. The minimum atomic E-state index is -0.322. The second-order valence-corrected chi connectivity index (χ2v) is 5.09. The molecule has 0 bridgehead atoms. The summed E-state index contributed by atoms with van der Waals surface area (Å²) in [4.78, 5) is 10.5. The van der Waals surface area contributed by atoms with Crippen LogP contribution in [-0.4, -0.2) is 11.5 Å². The SMILES string of the molecule is NCC1CCCCCC1c1cccc([N+](=O)[O-])c1. The first-order valence-electron chi connectivity index (χ1n) is 6.67. The zero-order valence-electron chi connectivity index (χ0n) is 10.5. The molecule has 1 aromatic carbocycles. The first-order chi connectivity index (χ1) is 8.72. The summed E-state index contributed by atoms with van der Waals surface area (Å²) < 4.78 is 0. The van der Waals surface area contributed by atoms with Crippen molar-refractivity contribution in [3.05, 3.63) is 39.9 Å². The molecule has 0 radical (unpaired) electrons. The maximum absolute atomic E-state index is 10.8. The van der Waals surface area contributed by atoms with Gasteiger partial charge < -0.3 is 5.73 Å². The fourth-order valence-electron chi connectivity index (χ4n) is 2.97. The zero-order chi connectivity index (χ0) is 13.0. The maximum Gasteiger partial charge on any atom is 0.269 e. The molecule has 2 unspecified atom stereocenters. The highest BCUT2D eigenvalue weighted by Gasteiger charge is 2.25. The quantitative estimate of drug-likeness (QED) is 0.507. The van der Waals surface area contributed by atoms with Crippen LogP contribution in [0, 0.1) is 16.0 Å². The van der Waals surface area contributed by atoms with Crippen LogP contribution in [0.1, 0.15) is 43.6 Å². The summed E-state index contributed by atoms with van der Waals surface area (Å²) in [5.41, 5.74) is 7.14. The van der Waals surface area contributed by atoms with Gasteiger partial charge in [0.2, 0.25) is 0 Å².